The minimum absolute atomic E-state index is 0.126. The van der Waals surface area contributed by atoms with Crippen LogP contribution < -0.4 is 0 Å². The summed E-state index contributed by atoms with van der Waals surface area (Å²) in [7, 11) is 0. The molecular formula is C11H16O5S. The van der Waals surface area contributed by atoms with Crippen molar-refractivity contribution in [2.75, 3.05) is 0 Å². The molecule has 6 heteroatoms. The average Bonchev–Trinajstić information content (AvgIpc) is 2.37. The molecule has 17 heavy (non-hydrogen) atoms. The highest BCUT2D eigenvalue weighted by atomic mass is 32.1. The van der Waals surface area contributed by atoms with Crippen molar-refractivity contribution in [3.8, 4) is 0 Å². The Morgan fingerprint density at radius 2 is 1.88 bits per heavy atom. The summed E-state index contributed by atoms with van der Waals surface area (Å²) in [5.74, 6) is 0. The van der Waals surface area contributed by atoms with Gasteiger partial charge in [-0.05, 0) is 31.0 Å². The number of hydrogen-bond donors (Lipinski definition) is 3. The second-order valence-corrected chi connectivity index (χ2v) is 3.97. The fourth-order valence-electron chi connectivity index (χ4n) is 1.49. The zero-order valence-electron chi connectivity index (χ0n) is 9.44. The Morgan fingerprint density at radius 1 is 1.24 bits per heavy atom. The molecule has 2 atom stereocenters. The Hall–Kier alpha value is -0.630. The van der Waals surface area contributed by atoms with E-state index in [1.165, 1.54) is 0 Å². The normalized spacial score (nSPS) is 14.6. The molecule has 0 aliphatic rings. The van der Waals surface area contributed by atoms with Gasteiger partial charge < -0.3 is 4.18 Å². The summed E-state index contributed by atoms with van der Waals surface area (Å²) < 4.78 is 4.82. The van der Waals surface area contributed by atoms with Gasteiger partial charge in [0.1, 0.15) is 12.7 Å². The standard InChI is InChI=1S/C11H16O5S/c1-8(16-17)6-11(15-13)10-4-2-9(3-5-10)7-14-12/h2-5,8,11-13,17H,6-7H2,1H3. The lowest BCUT2D eigenvalue weighted by Gasteiger charge is -2.17. The molecule has 0 aliphatic heterocycles. The molecule has 2 unspecified atom stereocenters. The van der Waals surface area contributed by atoms with Crippen LogP contribution in [0.1, 0.15) is 30.6 Å². The van der Waals surface area contributed by atoms with Gasteiger partial charge in [0.05, 0.1) is 6.10 Å². The molecule has 1 aromatic rings. The Labute approximate surface area is 105 Å². The largest absolute Gasteiger partial charge is 0.315 e. The van der Waals surface area contributed by atoms with Crippen molar-refractivity contribution < 1.29 is 24.5 Å². The third-order valence-electron chi connectivity index (χ3n) is 2.44. The maximum absolute atomic E-state index is 8.85. The van der Waals surface area contributed by atoms with Crippen molar-refractivity contribution in [3.05, 3.63) is 35.4 Å². The Balaban J connectivity index is 2.68. The van der Waals surface area contributed by atoms with Crippen LogP contribution in [0.2, 0.25) is 0 Å². The molecule has 96 valence electrons. The number of hydrogen-bond acceptors (Lipinski definition) is 6. The molecule has 0 radical (unpaired) electrons. The van der Waals surface area contributed by atoms with Gasteiger partial charge in [-0.1, -0.05) is 24.3 Å². The van der Waals surface area contributed by atoms with Gasteiger partial charge in [0.2, 0.25) is 0 Å². The Kier molecular flexibility index (Phi) is 6.49. The lowest BCUT2D eigenvalue weighted by Crippen LogP contribution is -2.11. The third-order valence-corrected chi connectivity index (χ3v) is 2.80. The van der Waals surface area contributed by atoms with E-state index in [0.29, 0.717) is 6.42 Å². The predicted molar refractivity (Wildman–Crippen MR) is 64.5 cm³/mol. The second kappa shape index (κ2) is 7.65. The maximum atomic E-state index is 8.85. The zero-order chi connectivity index (χ0) is 12.7. The van der Waals surface area contributed by atoms with Gasteiger partial charge in [0, 0.05) is 6.42 Å². The van der Waals surface area contributed by atoms with E-state index in [1.807, 2.05) is 6.92 Å². The summed E-state index contributed by atoms with van der Waals surface area (Å²) in [4.78, 5) is 8.44. The number of benzene rings is 1. The summed E-state index contributed by atoms with van der Waals surface area (Å²) in [5.41, 5.74) is 1.64. The molecule has 0 spiro atoms. The van der Waals surface area contributed by atoms with E-state index in [9.17, 15) is 0 Å². The molecule has 0 amide bonds. The first-order chi connectivity index (χ1) is 8.21. The Bertz CT molecular complexity index is 316. The van der Waals surface area contributed by atoms with Crippen molar-refractivity contribution in [1.82, 2.24) is 0 Å². The highest BCUT2D eigenvalue weighted by Gasteiger charge is 2.16. The second-order valence-electron chi connectivity index (χ2n) is 3.76. The van der Waals surface area contributed by atoms with Crippen LogP contribution in [0.5, 0.6) is 0 Å². The molecule has 0 aliphatic carbocycles. The molecule has 0 heterocycles. The van der Waals surface area contributed by atoms with Crippen LogP contribution in [0.25, 0.3) is 0 Å². The van der Waals surface area contributed by atoms with Crippen LogP contribution in [0.15, 0.2) is 24.3 Å². The molecule has 0 bridgehead atoms. The lowest BCUT2D eigenvalue weighted by atomic mass is 10.0. The first-order valence-electron chi connectivity index (χ1n) is 5.17. The fourth-order valence-corrected chi connectivity index (χ4v) is 1.57. The minimum atomic E-state index is -0.471. The van der Waals surface area contributed by atoms with Crippen LogP contribution in [0, 0.1) is 0 Å². The summed E-state index contributed by atoms with van der Waals surface area (Å²) in [6.45, 7) is 1.95. The summed E-state index contributed by atoms with van der Waals surface area (Å²) in [6.07, 6.45) is -0.132. The van der Waals surface area contributed by atoms with Crippen LogP contribution in [0.3, 0.4) is 0 Å². The molecule has 2 N–H and O–H groups in total. The molecular weight excluding hydrogens is 244 g/mol. The summed E-state index contributed by atoms with van der Waals surface area (Å²) in [6, 6.07) is 7.15. The van der Waals surface area contributed by atoms with Gasteiger partial charge in [-0.25, -0.2) is 9.78 Å². The van der Waals surface area contributed by atoms with Gasteiger partial charge in [0.15, 0.2) is 0 Å². The van der Waals surface area contributed by atoms with Gasteiger partial charge in [-0.15, -0.1) is 0 Å². The first kappa shape index (κ1) is 14.4. The monoisotopic (exact) mass is 260 g/mol. The van der Waals surface area contributed by atoms with Gasteiger partial charge in [-0.2, -0.15) is 0 Å². The topological polar surface area (TPSA) is 68.2 Å². The van der Waals surface area contributed by atoms with Crippen LogP contribution >= 0.6 is 12.9 Å². The van der Waals surface area contributed by atoms with Crippen molar-refractivity contribution in [2.24, 2.45) is 0 Å². The minimum Gasteiger partial charge on any atom is -0.315 e. The number of rotatable bonds is 7. The number of thiol groups is 1. The van der Waals surface area contributed by atoms with Crippen molar-refractivity contribution >= 4 is 12.9 Å². The quantitative estimate of drug-likeness (QED) is 0.304. The van der Waals surface area contributed by atoms with E-state index in [4.69, 9.17) is 14.7 Å². The Morgan fingerprint density at radius 3 is 2.35 bits per heavy atom. The highest BCUT2D eigenvalue weighted by molar-refractivity contribution is 7.75. The molecule has 0 saturated carbocycles. The third kappa shape index (κ3) is 4.63. The van der Waals surface area contributed by atoms with E-state index < -0.39 is 6.10 Å². The smallest absolute Gasteiger partial charge is 0.120 e. The van der Waals surface area contributed by atoms with Gasteiger partial charge in [0.25, 0.3) is 0 Å². The van der Waals surface area contributed by atoms with Gasteiger partial charge in [-0.3, -0.25) is 10.5 Å². The SMILES string of the molecule is CC(CC(OO)c1ccc(COO)cc1)OS. The summed E-state index contributed by atoms with van der Waals surface area (Å²) >= 11 is 3.70. The van der Waals surface area contributed by atoms with Crippen molar-refractivity contribution in [3.63, 3.8) is 0 Å². The highest BCUT2D eigenvalue weighted by Crippen LogP contribution is 2.23. The maximum Gasteiger partial charge on any atom is 0.120 e. The fraction of sp³-hybridized carbons (Fsp3) is 0.455. The zero-order valence-corrected chi connectivity index (χ0v) is 10.3. The molecule has 1 aromatic carbocycles. The van der Waals surface area contributed by atoms with E-state index in [2.05, 4.69) is 22.7 Å². The first-order valence-corrected chi connectivity index (χ1v) is 5.53. The van der Waals surface area contributed by atoms with Crippen molar-refractivity contribution in [2.45, 2.75) is 32.2 Å². The lowest BCUT2D eigenvalue weighted by molar-refractivity contribution is -0.285. The summed E-state index contributed by atoms with van der Waals surface area (Å²) in [5, 5.41) is 17.2. The van der Waals surface area contributed by atoms with Crippen molar-refractivity contribution in [1.29, 1.82) is 0 Å². The van der Waals surface area contributed by atoms with E-state index in [-0.39, 0.29) is 12.7 Å². The van der Waals surface area contributed by atoms with E-state index >= 15 is 0 Å². The van der Waals surface area contributed by atoms with Gasteiger partial charge >= 0.3 is 0 Å². The average molecular weight is 260 g/mol. The molecule has 5 nitrogen and oxygen atoms in total. The molecule has 0 fully saturated rings. The van der Waals surface area contributed by atoms with E-state index in [1.54, 1.807) is 24.3 Å². The van der Waals surface area contributed by atoms with Crippen LogP contribution in [-0.2, 0) is 20.6 Å². The molecule has 0 aromatic heterocycles. The van der Waals surface area contributed by atoms with Crippen LogP contribution in [0.4, 0.5) is 0 Å². The van der Waals surface area contributed by atoms with E-state index in [0.717, 1.165) is 11.1 Å². The molecule has 0 saturated heterocycles. The predicted octanol–water partition coefficient (Wildman–Crippen LogP) is 2.85. The molecule has 1 rings (SSSR count). The van der Waals surface area contributed by atoms with Crippen LogP contribution in [-0.4, -0.2) is 16.6 Å².